The van der Waals surface area contributed by atoms with Crippen molar-refractivity contribution in [3.05, 3.63) is 76.6 Å². The van der Waals surface area contributed by atoms with E-state index in [0.717, 1.165) is 24.4 Å². The van der Waals surface area contributed by atoms with E-state index in [-0.39, 0.29) is 11.3 Å². The summed E-state index contributed by atoms with van der Waals surface area (Å²) in [6.45, 7) is 0.691. The second-order valence-electron chi connectivity index (χ2n) is 6.63. The normalized spacial score (nSPS) is 12.9. The van der Waals surface area contributed by atoms with Crippen LogP contribution in [0.1, 0.15) is 22.7 Å². The molecule has 8 heteroatoms. The van der Waals surface area contributed by atoms with Crippen molar-refractivity contribution in [1.29, 1.82) is 0 Å². The summed E-state index contributed by atoms with van der Waals surface area (Å²) in [4.78, 5) is 31.2. The smallest absolute Gasteiger partial charge is 0.277 e. The second-order valence-corrected chi connectivity index (χ2v) is 6.63. The number of amides is 1. The van der Waals surface area contributed by atoms with Crippen LogP contribution in [-0.4, -0.2) is 30.5 Å². The molecule has 28 heavy (non-hydrogen) atoms. The predicted molar refractivity (Wildman–Crippen MR) is 104 cm³/mol. The predicted octanol–water partition coefficient (Wildman–Crippen LogP) is 2.18. The van der Waals surface area contributed by atoms with E-state index in [1.165, 1.54) is 11.0 Å². The van der Waals surface area contributed by atoms with Gasteiger partial charge in [0.1, 0.15) is 5.82 Å². The third-order valence-electron chi connectivity index (χ3n) is 4.78. The Morgan fingerprint density at radius 1 is 1.11 bits per heavy atom. The zero-order chi connectivity index (χ0) is 19.1. The summed E-state index contributed by atoms with van der Waals surface area (Å²) in [5, 5.41) is 11.6. The highest BCUT2D eigenvalue weighted by Gasteiger charge is 2.17. The number of carbonyl (C=O) groups excluding carboxylic acids is 1. The van der Waals surface area contributed by atoms with Gasteiger partial charge in [-0.05, 0) is 36.8 Å². The number of para-hydroxylation sites is 1. The fraction of sp³-hybridized carbons (Fsp3) is 0.150. The van der Waals surface area contributed by atoms with Crippen molar-refractivity contribution < 1.29 is 4.79 Å². The Balaban J connectivity index is 1.43. The van der Waals surface area contributed by atoms with Gasteiger partial charge < -0.3 is 5.32 Å². The fourth-order valence-corrected chi connectivity index (χ4v) is 3.41. The summed E-state index contributed by atoms with van der Waals surface area (Å²) in [6, 6.07) is 14.5. The van der Waals surface area contributed by atoms with E-state index in [4.69, 9.17) is 0 Å². The Kier molecular flexibility index (Phi) is 3.75. The Morgan fingerprint density at radius 2 is 1.96 bits per heavy atom. The average Bonchev–Trinajstić information content (AvgIpc) is 3.39. The van der Waals surface area contributed by atoms with E-state index in [1.54, 1.807) is 22.8 Å². The van der Waals surface area contributed by atoms with Crippen LogP contribution in [0.25, 0.3) is 16.6 Å². The van der Waals surface area contributed by atoms with Gasteiger partial charge in [0.05, 0.1) is 22.8 Å². The zero-order valence-electron chi connectivity index (χ0n) is 14.9. The number of rotatable bonds is 3. The molecule has 0 saturated carbocycles. The van der Waals surface area contributed by atoms with Crippen LogP contribution < -0.4 is 10.9 Å². The van der Waals surface area contributed by atoms with Crippen LogP contribution in [0.2, 0.25) is 0 Å². The molecule has 2 aromatic carbocycles. The number of aromatic nitrogens is 5. The summed E-state index contributed by atoms with van der Waals surface area (Å²) in [5.74, 6) is 0.433. The van der Waals surface area contributed by atoms with Crippen LogP contribution in [0.3, 0.4) is 0 Å². The molecule has 1 N–H and O–H groups in total. The fourth-order valence-electron chi connectivity index (χ4n) is 3.41. The lowest BCUT2D eigenvalue weighted by molar-refractivity contribution is 0.102. The molecule has 0 atom stereocenters. The lowest BCUT2D eigenvalue weighted by Gasteiger charge is -2.07. The first-order valence-corrected chi connectivity index (χ1v) is 9.02. The molecular weight excluding hydrogens is 356 g/mol. The lowest BCUT2D eigenvalue weighted by atomic mass is 10.2. The van der Waals surface area contributed by atoms with Crippen molar-refractivity contribution in [2.75, 3.05) is 5.32 Å². The average molecular weight is 372 g/mol. The zero-order valence-corrected chi connectivity index (χ0v) is 14.9. The van der Waals surface area contributed by atoms with Crippen LogP contribution in [0.4, 0.5) is 5.69 Å². The van der Waals surface area contributed by atoms with Crippen LogP contribution in [0, 0.1) is 0 Å². The van der Waals surface area contributed by atoms with Gasteiger partial charge in [-0.1, -0.05) is 18.2 Å². The molecule has 4 aromatic rings. The van der Waals surface area contributed by atoms with E-state index in [0.29, 0.717) is 23.1 Å². The first-order chi connectivity index (χ1) is 13.7. The van der Waals surface area contributed by atoms with E-state index in [2.05, 4.69) is 20.5 Å². The molecule has 0 saturated heterocycles. The molecule has 0 spiro atoms. The van der Waals surface area contributed by atoms with Crippen LogP contribution in [0.15, 0.2) is 59.5 Å². The van der Waals surface area contributed by atoms with E-state index < -0.39 is 5.91 Å². The van der Waals surface area contributed by atoms with Crippen LogP contribution in [-0.2, 0) is 13.0 Å². The topological polar surface area (TPSA) is 94.7 Å². The van der Waals surface area contributed by atoms with Crippen LogP contribution in [0.5, 0.6) is 0 Å². The van der Waals surface area contributed by atoms with Gasteiger partial charge in [-0.15, -0.1) is 5.10 Å². The van der Waals surface area contributed by atoms with Crippen molar-refractivity contribution >= 4 is 22.5 Å². The SMILES string of the molecule is O=C(Nc1ccc2nc3n(c(=O)c2c1)CCC3)c1cnn(-c2ccccc2)n1. The monoisotopic (exact) mass is 372 g/mol. The van der Waals surface area contributed by atoms with E-state index in [9.17, 15) is 9.59 Å². The van der Waals surface area contributed by atoms with Gasteiger partial charge in [0.15, 0.2) is 5.69 Å². The summed E-state index contributed by atoms with van der Waals surface area (Å²) < 4.78 is 1.71. The number of fused-ring (bicyclic) bond motifs is 2. The van der Waals surface area contributed by atoms with Crippen molar-refractivity contribution in [2.45, 2.75) is 19.4 Å². The molecule has 3 heterocycles. The lowest BCUT2D eigenvalue weighted by Crippen LogP contribution is -2.21. The summed E-state index contributed by atoms with van der Waals surface area (Å²) >= 11 is 0. The number of aryl methyl sites for hydroxylation is 1. The van der Waals surface area contributed by atoms with Gasteiger partial charge in [-0.2, -0.15) is 9.90 Å². The molecule has 1 aliphatic rings. The number of hydrogen-bond donors (Lipinski definition) is 1. The molecule has 138 valence electrons. The van der Waals surface area contributed by atoms with E-state index >= 15 is 0 Å². The minimum absolute atomic E-state index is 0.0661. The molecule has 8 nitrogen and oxygen atoms in total. The quantitative estimate of drug-likeness (QED) is 0.595. The highest BCUT2D eigenvalue weighted by atomic mass is 16.2. The van der Waals surface area contributed by atoms with Crippen LogP contribution >= 0.6 is 0 Å². The maximum atomic E-state index is 12.7. The van der Waals surface area contributed by atoms with Gasteiger partial charge in [0.2, 0.25) is 0 Å². The van der Waals surface area contributed by atoms with Gasteiger partial charge in [-0.3, -0.25) is 14.2 Å². The highest BCUT2D eigenvalue weighted by molar-refractivity contribution is 6.03. The maximum Gasteiger partial charge on any atom is 0.277 e. The molecule has 1 aliphatic heterocycles. The molecule has 0 fully saturated rings. The number of anilines is 1. The molecule has 0 aliphatic carbocycles. The minimum Gasteiger partial charge on any atom is -0.321 e. The maximum absolute atomic E-state index is 12.7. The summed E-state index contributed by atoms with van der Waals surface area (Å²) in [5.41, 5.74) is 2.05. The second kappa shape index (κ2) is 6.41. The van der Waals surface area contributed by atoms with Gasteiger partial charge in [-0.25, -0.2) is 4.98 Å². The number of carbonyl (C=O) groups is 1. The Bertz CT molecular complexity index is 1260. The highest BCUT2D eigenvalue weighted by Crippen LogP contribution is 2.19. The Morgan fingerprint density at radius 3 is 2.82 bits per heavy atom. The van der Waals surface area contributed by atoms with Gasteiger partial charge >= 0.3 is 0 Å². The Labute approximate surface area is 159 Å². The first kappa shape index (κ1) is 16.4. The standard InChI is InChI=1S/C20H16N6O2/c27-19(17-12-21-26(24-17)14-5-2-1-3-6-14)22-13-8-9-16-15(11-13)20(28)25-10-4-7-18(25)23-16/h1-3,5-6,8-9,11-12H,4,7,10H2,(H,22,27). The van der Waals surface area contributed by atoms with Gasteiger partial charge in [0.25, 0.3) is 11.5 Å². The number of nitrogens with zero attached hydrogens (tertiary/aromatic N) is 5. The molecule has 1 amide bonds. The summed E-state index contributed by atoms with van der Waals surface area (Å²) in [7, 11) is 0. The van der Waals surface area contributed by atoms with Crippen molar-refractivity contribution in [1.82, 2.24) is 24.5 Å². The number of benzene rings is 2. The molecule has 2 aromatic heterocycles. The largest absolute Gasteiger partial charge is 0.321 e. The van der Waals surface area contributed by atoms with E-state index in [1.807, 2.05) is 30.3 Å². The summed E-state index contributed by atoms with van der Waals surface area (Å²) in [6.07, 6.45) is 3.16. The molecule has 0 radical (unpaired) electrons. The third kappa shape index (κ3) is 2.75. The first-order valence-electron chi connectivity index (χ1n) is 9.02. The Hall–Kier alpha value is -3.81. The minimum atomic E-state index is -0.393. The van der Waals surface area contributed by atoms with Crippen molar-refractivity contribution in [2.24, 2.45) is 0 Å². The van der Waals surface area contributed by atoms with Crippen molar-refractivity contribution in [3.8, 4) is 5.69 Å². The number of hydrogen-bond acceptors (Lipinski definition) is 5. The molecule has 0 bridgehead atoms. The molecular formula is C20H16N6O2. The number of nitrogens with one attached hydrogen (secondary N) is 1. The van der Waals surface area contributed by atoms with Crippen molar-refractivity contribution in [3.63, 3.8) is 0 Å². The molecule has 0 unspecified atom stereocenters. The van der Waals surface area contributed by atoms with Gasteiger partial charge in [0, 0.05) is 18.7 Å². The third-order valence-corrected chi connectivity index (χ3v) is 4.78. The molecule has 5 rings (SSSR count).